The molecule has 1 atom stereocenters. The van der Waals surface area contributed by atoms with Crippen molar-refractivity contribution in [1.82, 2.24) is 9.97 Å². The Labute approximate surface area is 109 Å². The van der Waals surface area contributed by atoms with E-state index in [0.29, 0.717) is 11.6 Å². The quantitative estimate of drug-likeness (QED) is 0.864. The molecule has 2 aromatic heterocycles. The summed E-state index contributed by atoms with van der Waals surface area (Å²) in [5, 5.41) is 1.57. The van der Waals surface area contributed by atoms with Gasteiger partial charge in [0.2, 0.25) is 0 Å². The molecule has 0 saturated carbocycles. The molecule has 0 spiro atoms. The van der Waals surface area contributed by atoms with Gasteiger partial charge in [-0.2, -0.15) is 0 Å². The Morgan fingerprint density at radius 1 is 1.29 bits per heavy atom. The van der Waals surface area contributed by atoms with Gasteiger partial charge in [0.15, 0.2) is 0 Å². The van der Waals surface area contributed by atoms with Gasteiger partial charge in [0, 0.05) is 30.4 Å². The second-order valence-corrected chi connectivity index (χ2v) is 5.02. The van der Waals surface area contributed by atoms with Gasteiger partial charge in [0.05, 0.1) is 5.02 Å². The topological polar surface area (TPSA) is 51.8 Å². The van der Waals surface area contributed by atoms with Crippen LogP contribution in [0.25, 0.3) is 0 Å². The summed E-state index contributed by atoms with van der Waals surface area (Å²) < 4.78 is 0. The number of halogens is 1. The summed E-state index contributed by atoms with van der Waals surface area (Å²) in [6, 6.07) is 7.55. The van der Waals surface area contributed by atoms with Gasteiger partial charge in [-0.15, -0.1) is 0 Å². The van der Waals surface area contributed by atoms with Crippen molar-refractivity contribution in [1.29, 1.82) is 0 Å². The van der Waals surface area contributed by atoms with Crippen LogP contribution in [0.1, 0.15) is 10.8 Å². The zero-order chi connectivity index (χ0) is 12.1. The predicted molar refractivity (Wildman–Crippen MR) is 71.1 cm³/mol. The molecule has 17 heavy (non-hydrogen) atoms. The second kappa shape index (κ2) is 6.00. The molecule has 2 rings (SSSR count). The summed E-state index contributed by atoms with van der Waals surface area (Å²) in [6.45, 7) is 0.517. The third kappa shape index (κ3) is 3.19. The van der Waals surface area contributed by atoms with Gasteiger partial charge in [-0.3, -0.25) is 4.98 Å². The van der Waals surface area contributed by atoms with E-state index >= 15 is 0 Å². The van der Waals surface area contributed by atoms with Crippen LogP contribution in [0.3, 0.4) is 0 Å². The van der Waals surface area contributed by atoms with Crippen LogP contribution in [-0.4, -0.2) is 16.5 Å². The lowest BCUT2D eigenvalue weighted by Crippen LogP contribution is -2.09. The van der Waals surface area contributed by atoms with E-state index in [2.05, 4.69) is 9.97 Å². The zero-order valence-electron chi connectivity index (χ0n) is 9.08. The largest absolute Gasteiger partial charge is 0.329 e. The summed E-state index contributed by atoms with van der Waals surface area (Å²) in [4.78, 5) is 8.34. The van der Waals surface area contributed by atoms with E-state index in [1.807, 2.05) is 30.5 Å². The molecule has 0 radical (unpaired) electrons. The van der Waals surface area contributed by atoms with Crippen LogP contribution in [0.4, 0.5) is 0 Å². The van der Waals surface area contributed by atoms with Crippen LogP contribution in [-0.2, 0) is 0 Å². The van der Waals surface area contributed by atoms with Crippen LogP contribution >= 0.6 is 23.4 Å². The number of hydrogen-bond donors (Lipinski definition) is 1. The maximum absolute atomic E-state index is 6.07. The Morgan fingerprint density at radius 3 is 2.76 bits per heavy atom. The first kappa shape index (κ1) is 12.4. The van der Waals surface area contributed by atoms with Crippen molar-refractivity contribution < 1.29 is 0 Å². The fourth-order valence-electron chi connectivity index (χ4n) is 1.41. The van der Waals surface area contributed by atoms with Gasteiger partial charge in [-0.25, -0.2) is 4.98 Å². The fourth-order valence-corrected chi connectivity index (χ4v) is 2.61. The van der Waals surface area contributed by atoms with E-state index in [0.717, 1.165) is 10.6 Å². The summed E-state index contributed by atoms with van der Waals surface area (Å²) >= 11 is 7.63. The van der Waals surface area contributed by atoms with E-state index < -0.39 is 0 Å². The molecule has 0 aromatic carbocycles. The molecule has 2 N–H and O–H groups in total. The van der Waals surface area contributed by atoms with Crippen molar-refractivity contribution in [3.8, 4) is 0 Å². The first-order valence-corrected chi connectivity index (χ1v) is 6.44. The Kier molecular flexibility index (Phi) is 4.36. The molecule has 0 aliphatic heterocycles. The minimum absolute atomic E-state index is 0.121. The van der Waals surface area contributed by atoms with Crippen molar-refractivity contribution >= 4 is 23.4 Å². The summed E-state index contributed by atoms with van der Waals surface area (Å²) in [6.07, 6.45) is 5.29. The first-order chi connectivity index (χ1) is 8.31. The zero-order valence-corrected chi connectivity index (χ0v) is 10.7. The SMILES string of the molecule is NCC(Sc1ncccc1Cl)c1cccnc1. The number of rotatable bonds is 4. The molecule has 88 valence electrons. The van der Waals surface area contributed by atoms with Gasteiger partial charge < -0.3 is 5.73 Å². The molecule has 2 heterocycles. The lowest BCUT2D eigenvalue weighted by molar-refractivity contribution is 0.926. The molecule has 1 unspecified atom stereocenters. The number of aromatic nitrogens is 2. The number of pyridine rings is 2. The van der Waals surface area contributed by atoms with E-state index in [1.165, 1.54) is 0 Å². The first-order valence-electron chi connectivity index (χ1n) is 5.18. The predicted octanol–water partition coefficient (Wildman–Crippen LogP) is 2.92. The second-order valence-electron chi connectivity index (χ2n) is 3.42. The van der Waals surface area contributed by atoms with Gasteiger partial charge >= 0.3 is 0 Å². The molecule has 0 amide bonds. The molecular weight excluding hydrogens is 254 g/mol. The Hall–Kier alpha value is -1.10. The van der Waals surface area contributed by atoms with E-state index in [1.54, 1.807) is 24.2 Å². The minimum atomic E-state index is 0.121. The average molecular weight is 266 g/mol. The molecule has 3 nitrogen and oxygen atoms in total. The van der Waals surface area contributed by atoms with Gasteiger partial charge in [-0.1, -0.05) is 29.4 Å². The maximum Gasteiger partial charge on any atom is 0.115 e. The minimum Gasteiger partial charge on any atom is -0.329 e. The molecule has 0 aliphatic carbocycles. The smallest absolute Gasteiger partial charge is 0.115 e. The lowest BCUT2D eigenvalue weighted by atomic mass is 10.2. The van der Waals surface area contributed by atoms with Crippen LogP contribution in [0.5, 0.6) is 0 Å². The molecule has 0 fully saturated rings. The fraction of sp³-hybridized carbons (Fsp3) is 0.167. The number of thioether (sulfide) groups is 1. The van der Waals surface area contributed by atoms with Crippen molar-refractivity contribution in [3.05, 3.63) is 53.4 Å². The normalized spacial score (nSPS) is 12.4. The monoisotopic (exact) mass is 265 g/mol. The molecule has 0 aliphatic rings. The van der Waals surface area contributed by atoms with Crippen LogP contribution in [0.15, 0.2) is 47.9 Å². The maximum atomic E-state index is 6.07. The number of hydrogen-bond acceptors (Lipinski definition) is 4. The van der Waals surface area contributed by atoms with E-state index in [9.17, 15) is 0 Å². The summed E-state index contributed by atoms with van der Waals surface area (Å²) in [5.74, 6) is 0. The van der Waals surface area contributed by atoms with Crippen molar-refractivity contribution in [2.24, 2.45) is 5.73 Å². The Morgan fingerprint density at radius 2 is 2.12 bits per heavy atom. The Balaban J connectivity index is 2.19. The highest BCUT2D eigenvalue weighted by Gasteiger charge is 2.14. The van der Waals surface area contributed by atoms with Crippen LogP contribution in [0, 0.1) is 0 Å². The standard InChI is InChI=1S/C12H12ClN3S/c13-10-4-2-6-16-12(10)17-11(7-14)9-3-1-5-15-8-9/h1-6,8,11H,7,14H2. The summed E-state index contributed by atoms with van der Waals surface area (Å²) in [5.41, 5.74) is 6.87. The highest BCUT2D eigenvalue weighted by Crippen LogP contribution is 2.36. The van der Waals surface area contributed by atoms with E-state index in [-0.39, 0.29) is 5.25 Å². The average Bonchev–Trinajstić information content (AvgIpc) is 2.39. The van der Waals surface area contributed by atoms with Crippen molar-refractivity contribution in [2.45, 2.75) is 10.3 Å². The Bertz CT molecular complexity index is 478. The van der Waals surface area contributed by atoms with Crippen LogP contribution < -0.4 is 5.73 Å². The van der Waals surface area contributed by atoms with Crippen LogP contribution in [0.2, 0.25) is 5.02 Å². The highest BCUT2D eigenvalue weighted by molar-refractivity contribution is 7.99. The van der Waals surface area contributed by atoms with E-state index in [4.69, 9.17) is 17.3 Å². The van der Waals surface area contributed by atoms with Gasteiger partial charge in [-0.05, 0) is 23.8 Å². The van der Waals surface area contributed by atoms with Crippen molar-refractivity contribution in [3.63, 3.8) is 0 Å². The third-order valence-corrected chi connectivity index (χ3v) is 3.96. The molecular formula is C12H12ClN3S. The van der Waals surface area contributed by atoms with Gasteiger partial charge in [0.1, 0.15) is 5.03 Å². The summed E-state index contributed by atoms with van der Waals surface area (Å²) in [7, 11) is 0. The number of nitrogens with two attached hydrogens (primary N) is 1. The molecule has 5 heteroatoms. The highest BCUT2D eigenvalue weighted by atomic mass is 35.5. The lowest BCUT2D eigenvalue weighted by Gasteiger charge is -2.14. The molecule has 0 saturated heterocycles. The third-order valence-electron chi connectivity index (χ3n) is 2.25. The van der Waals surface area contributed by atoms with Crippen molar-refractivity contribution in [2.75, 3.05) is 6.54 Å². The molecule has 2 aromatic rings. The number of nitrogens with zero attached hydrogens (tertiary/aromatic N) is 2. The van der Waals surface area contributed by atoms with Gasteiger partial charge in [0.25, 0.3) is 0 Å². The molecule has 0 bridgehead atoms.